The van der Waals surface area contributed by atoms with Crippen LogP contribution in [0.4, 0.5) is 14.5 Å². The number of benzene rings is 2. The van der Waals surface area contributed by atoms with Crippen molar-refractivity contribution in [3.05, 3.63) is 58.7 Å². The second-order valence-electron chi connectivity index (χ2n) is 4.80. The normalized spacial score (nSPS) is 10.3. The van der Waals surface area contributed by atoms with Crippen LogP contribution in [0.1, 0.15) is 26.3 Å². The molecule has 0 unspecified atom stereocenters. The summed E-state index contributed by atoms with van der Waals surface area (Å²) in [6, 6.07) is 5.91. The molecule has 0 aliphatic rings. The van der Waals surface area contributed by atoms with Gasteiger partial charge in [-0.05, 0) is 37.3 Å². The Morgan fingerprint density at radius 2 is 1.74 bits per heavy atom. The standard InChI is InChI=1S/C16H14F2N2O3/c1-8-11(17)6-10(15(19)21)7-13(8)20-16(22)9-3-4-14(23-2)12(18)5-9/h3-7H,1-2H3,(H2,19,21)(H,20,22). The number of hydrogen-bond donors (Lipinski definition) is 2. The highest BCUT2D eigenvalue weighted by Crippen LogP contribution is 2.23. The average Bonchev–Trinajstić information content (AvgIpc) is 2.51. The molecule has 0 aliphatic carbocycles. The van der Waals surface area contributed by atoms with Gasteiger partial charge in [0, 0.05) is 22.4 Å². The van der Waals surface area contributed by atoms with E-state index in [0.717, 1.165) is 12.1 Å². The van der Waals surface area contributed by atoms with E-state index in [0.29, 0.717) is 0 Å². The number of nitrogens with one attached hydrogen (secondary N) is 1. The van der Waals surface area contributed by atoms with Crippen LogP contribution in [0.2, 0.25) is 0 Å². The average molecular weight is 320 g/mol. The lowest BCUT2D eigenvalue weighted by Gasteiger charge is -2.11. The van der Waals surface area contributed by atoms with Crippen molar-refractivity contribution in [1.29, 1.82) is 0 Å². The van der Waals surface area contributed by atoms with Crippen molar-refractivity contribution in [2.24, 2.45) is 5.73 Å². The summed E-state index contributed by atoms with van der Waals surface area (Å²) in [5.74, 6) is -2.86. The topological polar surface area (TPSA) is 81.4 Å². The minimum atomic E-state index is -0.824. The highest BCUT2D eigenvalue weighted by atomic mass is 19.1. The Balaban J connectivity index is 2.33. The van der Waals surface area contributed by atoms with Gasteiger partial charge in [-0.2, -0.15) is 0 Å². The Morgan fingerprint density at radius 1 is 1.09 bits per heavy atom. The summed E-state index contributed by atoms with van der Waals surface area (Å²) in [7, 11) is 1.31. The zero-order chi connectivity index (χ0) is 17.1. The number of amides is 2. The molecule has 2 rings (SSSR count). The maximum absolute atomic E-state index is 13.8. The number of ether oxygens (including phenoxy) is 1. The Labute approximate surface area is 131 Å². The lowest BCUT2D eigenvalue weighted by molar-refractivity contribution is 0.0995. The van der Waals surface area contributed by atoms with Gasteiger partial charge in [0.05, 0.1) is 7.11 Å². The third-order valence-corrected chi connectivity index (χ3v) is 3.29. The molecule has 0 bridgehead atoms. The lowest BCUT2D eigenvalue weighted by Crippen LogP contribution is -2.16. The van der Waals surface area contributed by atoms with Crippen molar-refractivity contribution in [2.45, 2.75) is 6.92 Å². The minimum absolute atomic E-state index is 0.000462. The number of methoxy groups -OCH3 is 1. The molecule has 0 radical (unpaired) electrons. The Hall–Kier alpha value is -2.96. The predicted molar refractivity (Wildman–Crippen MR) is 80.6 cm³/mol. The van der Waals surface area contributed by atoms with Gasteiger partial charge in [0.25, 0.3) is 5.91 Å². The number of rotatable bonds is 4. The molecule has 5 nitrogen and oxygen atoms in total. The third-order valence-electron chi connectivity index (χ3n) is 3.29. The lowest BCUT2D eigenvalue weighted by atomic mass is 10.1. The quantitative estimate of drug-likeness (QED) is 0.908. The maximum Gasteiger partial charge on any atom is 0.255 e. The second kappa shape index (κ2) is 6.43. The molecule has 0 heterocycles. The zero-order valence-corrected chi connectivity index (χ0v) is 12.4. The van der Waals surface area contributed by atoms with Gasteiger partial charge in [0.1, 0.15) is 5.82 Å². The smallest absolute Gasteiger partial charge is 0.255 e. The molecule has 2 aromatic rings. The van der Waals surface area contributed by atoms with Gasteiger partial charge in [-0.1, -0.05) is 0 Å². The SMILES string of the molecule is COc1ccc(C(=O)Nc2cc(C(N)=O)cc(F)c2C)cc1F. The maximum atomic E-state index is 13.8. The van der Waals surface area contributed by atoms with Crippen LogP contribution in [0.25, 0.3) is 0 Å². The van der Waals surface area contributed by atoms with Crippen molar-refractivity contribution in [3.63, 3.8) is 0 Å². The van der Waals surface area contributed by atoms with Crippen molar-refractivity contribution in [3.8, 4) is 5.75 Å². The van der Waals surface area contributed by atoms with Crippen molar-refractivity contribution >= 4 is 17.5 Å². The molecule has 3 N–H and O–H groups in total. The van der Waals surface area contributed by atoms with Gasteiger partial charge in [0.15, 0.2) is 11.6 Å². The number of hydrogen-bond acceptors (Lipinski definition) is 3. The molecule has 23 heavy (non-hydrogen) atoms. The van der Waals surface area contributed by atoms with E-state index < -0.39 is 23.4 Å². The van der Waals surface area contributed by atoms with E-state index >= 15 is 0 Å². The molecular formula is C16H14F2N2O3. The summed E-state index contributed by atoms with van der Waals surface area (Å²) in [6.07, 6.45) is 0. The van der Waals surface area contributed by atoms with E-state index in [2.05, 4.69) is 5.32 Å². The Bertz CT molecular complexity index is 791. The van der Waals surface area contributed by atoms with Gasteiger partial charge in [-0.15, -0.1) is 0 Å². The third kappa shape index (κ3) is 3.45. The molecule has 120 valence electrons. The number of carbonyl (C=O) groups excluding carboxylic acids is 2. The largest absolute Gasteiger partial charge is 0.494 e. The first kappa shape index (κ1) is 16.4. The number of halogens is 2. The Morgan fingerprint density at radius 3 is 2.30 bits per heavy atom. The fourth-order valence-electron chi connectivity index (χ4n) is 1.95. The van der Waals surface area contributed by atoms with Crippen LogP contribution < -0.4 is 15.8 Å². The van der Waals surface area contributed by atoms with Gasteiger partial charge < -0.3 is 15.8 Å². The van der Waals surface area contributed by atoms with Crippen LogP contribution in [0, 0.1) is 18.6 Å². The Kier molecular flexibility index (Phi) is 4.59. The molecule has 7 heteroatoms. The first-order chi connectivity index (χ1) is 10.8. The van der Waals surface area contributed by atoms with E-state index in [1.54, 1.807) is 0 Å². The fourth-order valence-corrected chi connectivity index (χ4v) is 1.95. The summed E-state index contributed by atoms with van der Waals surface area (Å²) in [5.41, 5.74) is 5.27. The van der Waals surface area contributed by atoms with Crippen LogP contribution >= 0.6 is 0 Å². The van der Waals surface area contributed by atoms with Crippen LogP contribution in [-0.2, 0) is 0 Å². The molecule has 0 saturated carbocycles. The fraction of sp³-hybridized carbons (Fsp3) is 0.125. The van der Waals surface area contributed by atoms with Gasteiger partial charge >= 0.3 is 0 Å². The van der Waals surface area contributed by atoms with Crippen LogP contribution in [0.15, 0.2) is 30.3 Å². The monoisotopic (exact) mass is 320 g/mol. The summed E-state index contributed by atoms with van der Waals surface area (Å²) in [6.45, 7) is 1.43. The predicted octanol–water partition coefficient (Wildman–Crippen LogP) is 2.63. The number of primary amides is 1. The number of nitrogens with two attached hydrogens (primary N) is 1. The summed E-state index contributed by atoms with van der Waals surface area (Å²) in [4.78, 5) is 23.3. The van der Waals surface area contributed by atoms with E-state index in [4.69, 9.17) is 10.5 Å². The van der Waals surface area contributed by atoms with Crippen molar-refractivity contribution in [1.82, 2.24) is 0 Å². The molecule has 2 aromatic carbocycles. The summed E-state index contributed by atoms with van der Waals surface area (Å²) >= 11 is 0. The van der Waals surface area contributed by atoms with Gasteiger partial charge in [-0.3, -0.25) is 9.59 Å². The van der Waals surface area contributed by atoms with E-state index in [1.807, 2.05) is 0 Å². The number of anilines is 1. The van der Waals surface area contributed by atoms with Crippen LogP contribution in [0.3, 0.4) is 0 Å². The molecule has 2 amide bonds. The van der Waals surface area contributed by atoms with E-state index in [1.165, 1.54) is 32.2 Å². The van der Waals surface area contributed by atoms with Crippen LogP contribution in [0.5, 0.6) is 5.75 Å². The first-order valence-corrected chi connectivity index (χ1v) is 6.58. The van der Waals surface area contributed by atoms with E-state index in [9.17, 15) is 18.4 Å². The summed E-state index contributed by atoms with van der Waals surface area (Å²) in [5, 5.41) is 2.43. The second-order valence-corrected chi connectivity index (χ2v) is 4.80. The molecule has 0 fully saturated rings. The number of carbonyl (C=O) groups is 2. The summed E-state index contributed by atoms with van der Waals surface area (Å²) < 4.78 is 32.2. The molecule has 0 spiro atoms. The molecular weight excluding hydrogens is 306 g/mol. The molecule has 0 aliphatic heterocycles. The van der Waals surface area contributed by atoms with Gasteiger partial charge in [0.2, 0.25) is 5.91 Å². The highest BCUT2D eigenvalue weighted by Gasteiger charge is 2.15. The molecule has 0 saturated heterocycles. The highest BCUT2D eigenvalue weighted by molar-refractivity contribution is 6.05. The van der Waals surface area contributed by atoms with E-state index in [-0.39, 0.29) is 28.1 Å². The van der Waals surface area contributed by atoms with Crippen molar-refractivity contribution in [2.75, 3.05) is 12.4 Å². The molecule has 0 aromatic heterocycles. The minimum Gasteiger partial charge on any atom is -0.494 e. The zero-order valence-electron chi connectivity index (χ0n) is 12.4. The molecule has 0 atom stereocenters. The van der Waals surface area contributed by atoms with Crippen molar-refractivity contribution < 1.29 is 23.1 Å². The first-order valence-electron chi connectivity index (χ1n) is 6.58. The van der Waals surface area contributed by atoms with Crippen LogP contribution in [-0.4, -0.2) is 18.9 Å². The van der Waals surface area contributed by atoms with Gasteiger partial charge in [-0.25, -0.2) is 8.78 Å².